The van der Waals surface area contributed by atoms with Crippen LogP contribution < -0.4 is 5.73 Å². The van der Waals surface area contributed by atoms with Crippen LogP contribution in [0.2, 0.25) is 0 Å². The highest BCUT2D eigenvalue weighted by atomic mass is 15.1. The Morgan fingerprint density at radius 1 is 1.35 bits per heavy atom. The van der Waals surface area contributed by atoms with E-state index in [1.54, 1.807) is 0 Å². The molecule has 2 aromatic rings. The summed E-state index contributed by atoms with van der Waals surface area (Å²) in [6.45, 7) is 5.23. The molecule has 2 N–H and O–H groups in total. The zero-order chi connectivity index (χ0) is 12.3. The van der Waals surface area contributed by atoms with Gasteiger partial charge in [0.1, 0.15) is 11.3 Å². The maximum Gasteiger partial charge on any atom is 0.160 e. The average Bonchev–Trinajstić information content (AvgIpc) is 2.70. The van der Waals surface area contributed by atoms with E-state index >= 15 is 0 Å². The topological polar surface area (TPSA) is 56.7 Å². The maximum absolute atomic E-state index is 6.19. The molecule has 4 heteroatoms. The molecule has 4 nitrogen and oxygen atoms in total. The monoisotopic (exact) mass is 232 g/mol. The number of rotatable bonds is 5. The SMILES string of the molecule is CCCC(N)c1nc2cccnc2n1CCC. The van der Waals surface area contributed by atoms with Crippen molar-refractivity contribution in [2.45, 2.75) is 45.7 Å². The van der Waals surface area contributed by atoms with E-state index in [1.807, 2.05) is 18.3 Å². The molecular weight excluding hydrogens is 212 g/mol. The quantitative estimate of drug-likeness (QED) is 0.862. The van der Waals surface area contributed by atoms with Gasteiger partial charge >= 0.3 is 0 Å². The van der Waals surface area contributed by atoms with Crippen molar-refractivity contribution >= 4 is 11.2 Å². The first-order chi connectivity index (χ1) is 8.27. The van der Waals surface area contributed by atoms with E-state index in [4.69, 9.17) is 5.73 Å². The molecule has 92 valence electrons. The third-order valence-electron chi connectivity index (χ3n) is 2.91. The molecule has 0 saturated carbocycles. The van der Waals surface area contributed by atoms with E-state index in [-0.39, 0.29) is 6.04 Å². The average molecular weight is 232 g/mol. The van der Waals surface area contributed by atoms with Crippen LogP contribution in [-0.2, 0) is 6.54 Å². The number of nitrogens with two attached hydrogens (primary N) is 1. The minimum atomic E-state index is 0.0146. The Kier molecular flexibility index (Phi) is 3.74. The molecule has 0 saturated heterocycles. The second kappa shape index (κ2) is 5.27. The summed E-state index contributed by atoms with van der Waals surface area (Å²) in [7, 11) is 0. The predicted molar refractivity (Wildman–Crippen MR) is 69.7 cm³/mol. The van der Waals surface area contributed by atoms with Crippen molar-refractivity contribution in [1.29, 1.82) is 0 Å². The molecular formula is C13H20N4. The molecule has 0 aliphatic carbocycles. The van der Waals surface area contributed by atoms with Gasteiger partial charge in [0.05, 0.1) is 6.04 Å². The fraction of sp³-hybridized carbons (Fsp3) is 0.538. The summed E-state index contributed by atoms with van der Waals surface area (Å²) in [6, 6.07) is 3.93. The molecule has 0 spiro atoms. The van der Waals surface area contributed by atoms with Crippen molar-refractivity contribution in [3.05, 3.63) is 24.2 Å². The summed E-state index contributed by atoms with van der Waals surface area (Å²) in [4.78, 5) is 9.03. The summed E-state index contributed by atoms with van der Waals surface area (Å²) < 4.78 is 2.16. The lowest BCUT2D eigenvalue weighted by atomic mass is 10.1. The van der Waals surface area contributed by atoms with Crippen LogP contribution in [0.3, 0.4) is 0 Å². The number of hydrogen-bond donors (Lipinski definition) is 1. The van der Waals surface area contributed by atoms with Gasteiger partial charge in [0.15, 0.2) is 5.65 Å². The summed E-state index contributed by atoms with van der Waals surface area (Å²) >= 11 is 0. The summed E-state index contributed by atoms with van der Waals surface area (Å²) in [6.07, 6.45) is 4.91. The minimum absolute atomic E-state index is 0.0146. The fourth-order valence-corrected chi connectivity index (χ4v) is 2.14. The largest absolute Gasteiger partial charge is 0.321 e. The fourth-order valence-electron chi connectivity index (χ4n) is 2.14. The third-order valence-corrected chi connectivity index (χ3v) is 2.91. The summed E-state index contributed by atoms with van der Waals surface area (Å²) in [5.74, 6) is 0.974. The Balaban J connectivity index is 2.49. The molecule has 1 atom stereocenters. The number of aryl methyl sites for hydroxylation is 1. The summed E-state index contributed by atoms with van der Waals surface area (Å²) in [5.41, 5.74) is 8.09. The van der Waals surface area contributed by atoms with Gasteiger partial charge in [-0.3, -0.25) is 0 Å². The van der Waals surface area contributed by atoms with E-state index in [1.165, 1.54) is 0 Å². The second-order valence-electron chi connectivity index (χ2n) is 4.36. The number of imidazole rings is 1. The van der Waals surface area contributed by atoms with Gasteiger partial charge in [0.2, 0.25) is 0 Å². The van der Waals surface area contributed by atoms with E-state index in [0.29, 0.717) is 0 Å². The molecule has 2 rings (SSSR count). The van der Waals surface area contributed by atoms with Crippen LogP contribution in [0.5, 0.6) is 0 Å². The smallest absolute Gasteiger partial charge is 0.160 e. The van der Waals surface area contributed by atoms with E-state index in [9.17, 15) is 0 Å². The number of fused-ring (bicyclic) bond motifs is 1. The molecule has 0 radical (unpaired) electrons. The lowest BCUT2D eigenvalue weighted by Gasteiger charge is -2.12. The zero-order valence-corrected chi connectivity index (χ0v) is 10.6. The molecule has 2 aromatic heterocycles. The van der Waals surface area contributed by atoms with Gasteiger partial charge in [-0.25, -0.2) is 9.97 Å². The predicted octanol–water partition coefficient (Wildman–Crippen LogP) is 2.64. The Morgan fingerprint density at radius 2 is 2.18 bits per heavy atom. The Hall–Kier alpha value is -1.42. The number of hydrogen-bond acceptors (Lipinski definition) is 3. The van der Waals surface area contributed by atoms with Gasteiger partial charge < -0.3 is 10.3 Å². The Bertz CT molecular complexity index is 489. The molecule has 0 fully saturated rings. The van der Waals surface area contributed by atoms with Crippen molar-refractivity contribution in [2.24, 2.45) is 5.73 Å². The third kappa shape index (κ3) is 2.31. The molecule has 1 unspecified atom stereocenters. The molecule has 0 bridgehead atoms. The maximum atomic E-state index is 6.19. The van der Waals surface area contributed by atoms with Gasteiger partial charge in [0.25, 0.3) is 0 Å². The van der Waals surface area contributed by atoms with E-state index in [0.717, 1.165) is 42.8 Å². The van der Waals surface area contributed by atoms with E-state index in [2.05, 4.69) is 28.4 Å². The molecule has 2 heterocycles. The van der Waals surface area contributed by atoms with Gasteiger partial charge in [0, 0.05) is 12.7 Å². The van der Waals surface area contributed by atoms with Crippen LogP contribution in [0.25, 0.3) is 11.2 Å². The van der Waals surface area contributed by atoms with Gasteiger partial charge in [-0.1, -0.05) is 20.3 Å². The van der Waals surface area contributed by atoms with E-state index < -0.39 is 0 Å². The highest BCUT2D eigenvalue weighted by molar-refractivity contribution is 5.71. The van der Waals surface area contributed by atoms with Gasteiger partial charge in [-0.2, -0.15) is 0 Å². The lowest BCUT2D eigenvalue weighted by Crippen LogP contribution is -2.16. The second-order valence-corrected chi connectivity index (χ2v) is 4.36. The van der Waals surface area contributed by atoms with Crippen LogP contribution >= 0.6 is 0 Å². The number of pyridine rings is 1. The van der Waals surface area contributed by atoms with Crippen LogP contribution in [0, 0.1) is 0 Å². The number of aromatic nitrogens is 3. The molecule has 0 aromatic carbocycles. The Morgan fingerprint density at radius 3 is 2.88 bits per heavy atom. The van der Waals surface area contributed by atoms with Crippen molar-refractivity contribution in [3.8, 4) is 0 Å². The first kappa shape index (κ1) is 12.0. The normalized spacial score (nSPS) is 13.1. The molecule has 17 heavy (non-hydrogen) atoms. The molecule has 0 aliphatic rings. The zero-order valence-electron chi connectivity index (χ0n) is 10.6. The molecule has 0 amide bonds. The number of nitrogens with zero attached hydrogens (tertiary/aromatic N) is 3. The van der Waals surface area contributed by atoms with Crippen molar-refractivity contribution in [3.63, 3.8) is 0 Å². The van der Waals surface area contributed by atoms with Gasteiger partial charge in [-0.15, -0.1) is 0 Å². The van der Waals surface area contributed by atoms with Crippen LogP contribution in [0.15, 0.2) is 18.3 Å². The van der Waals surface area contributed by atoms with Crippen molar-refractivity contribution in [2.75, 3.05) is 0 Å². The van der Waals surface area contributed by atoms with Crippen molar-refractivity contribution in [1.82, 2.24) is 14.5 Å². The first-order valence-electron chi connectivity index (χ1n) is 6.34. The first-order valence-corrected chi connectivity index (χ1v) is 6.34. The Labute approximate surface area is 102 Å². The van der Waals surface area contributed by atoms with Crippen LogP contribution in [-0.4, -0.2) is 14.5 Å². The van der Waals surface area contributed by atoms with Crippen LogP contribution in [0.1, 0.15) is 45.0 Å². The van der Waals surface area contributed by atoms with Gasteiger partial charge in [-0.05, 0) is 25.0 Å². The minimum Gasteiger partial charge on any atom is -0.321 e. The highest BCUT2D eigenvalue weighted by Gasteiger charge is 2.16. The van der Waals surface area contributed by atoms with Crippen LogP contribution in [0.4, 0.5) is 0 Å². The highest BCUT2D eigenvalue weighted by Crippen LogP contribution is 2.21. The summed E-state index contributed by atoms with van der Waals surface area (Å²) in [5, 5.41) is 0. The standard InChI is InChI=1S/C13H20N4/c1-3-6-10(14)12-16-11-7-5-8-15-13(11)17(12)9-4-2/h5,7-8,10H,3-4,6,9,14H2,1-2H3. The lowest BCUT2D eigenvalue weighted by molar-refractivity contribution is 0.550. The van der Waals surface area contributed by atoms with Crippen molar-refractivity contribution < 1.29 is 0 Å². The molecule has 0 aliphatic heterocycles.